The van der Waals surface area contributed by atoms with Gasteiger partial charge in [0, 0.05) is 12.1 Å². The molecule has 0 fully saturated rings. The molecule has 0 spiro atoms. The van der Waals surface area contributed by atoms with E-state index in [2.05, 4.69) is 5.32 Å². The molecule has 0 aliphatic carbocycles. The molecule has 0 saturated heterocycles. The minimum atomic E-state index is -4.26. The molecule has 7 nitrogen and oxygen atoms in total. The molecule has 1 rings (SSSR count). The molecule has 0 unspecified atom stereocenters. The summed E-state index contributed by atoms with van der Waals surface area (Å²) in [6.07, 6.45) is -0.454. The van der Waals surface area contributed by atoms with Crippen LogP contribution >= 0.6 is 0 Å². The number of carboxylic acids is 1. The Morgan fingerprint density at radius 2 is 1.67 bits per heavy atom. The predicted octanol–water partition coefficient (Wildman–Crippen LogP) is 0.737. The highest BCUT2D eigenvalue weighted by molar-refractivity contribution is 7.85. The number of carboxylic acid groups (broad SMARTS) is 1. The van der Waals surface area contributed by atoms with Crippen molar-refractivity contribution in [2.45, 2.75) is 17.7 Å². The SMILES string of the molecule is O=C(O)CCC(=O)Nc1ccc(S(=O)(=O)O)cc1. The van der Waals surface area contributed by atoms with Crippen molar-refractivity contribution in [3.8, 4) is 0 Å². The lowest BCUT2D eigenvalue weighted by atomic mass is 10.2. The van der Waals surface area contributed by atoms with E-state index < -0.39 is 22.0 Å². The molecule has 0 atom stereocenters. The van der Waals surface area contributed by atoms with Crippen molar-refractivity contribution < 1.29 is 27.7 Å². The first-order valence-corrected chi connectivity index (χ1v) is 6.32. The zero-order valence-corrected chi connectivity index (χ0v) is 9.98. The Morgan fingerprint density at radius 1 is 1.11 bits per heavy atom. The highest BCUT2D eigenvalue weighted by atomic mass is 32.2. The van der Waals surface area contributed by atoms with E-state index in [1.54, 1.807) is 0 Å². The molecule has 1 amide bonds. The van der Waals surface area contributed by atoms with Gasteiger partial charge in [-0.3, -0.25) is 14.1 Å². The first-order chi connectivity index (χ1) is 8.29. The molecule has 8 heteroatoms. The summed E-state index contributed by atoms with van der Waals surface area (Å²) in [4.78, 5) is 21.2. The van der Waals surface area contributed by atoms with Gasteiger partial charge < -0.3 is 10.4 Å². The Hall–Kier alpha value is -1.93. The van der Waals surface area contributed by atoms with Crippen molar-refractivity contribution in [2.75, 3.05) is 5.32 Å². The number of amides is 1. The average molecular weight is 273 g/mol. The molecule has 1 aromatic rings. The van der Waals surface area contributed by atoms with E-state index in [9.17, 15) is 18.0 Å². The fraction of sp³-hybridized carbons (Fsp3) is 0.200. The first-order valence-electron chi connectivity index (χ1n) is 4.88. The normalized spacial score (nSPS) is 10.9. The maximum Gasteiger partial charge on any atom is 0.303 e. The van der Waals surface area contributed by atoms with Gasteiger partial charge in [0.1, 0.15) is 0 Å². The molecule has 18 heavy (non-hydrogen) atoms. The summed E-state index contributed by atoms with van der Waals surface area (Å²) in [6, 6.07) is 4.84. The number of anilines is 1. The van der Waals surface area contributed by atoms with Crippen molar-refractivity contribution in [2.24, 2.45) is 0 Å². The quantitative estimate of drug-likeness (QED) is 0.680. The summed E-state index contributed by atoms with van der Waals surface area (Å²) in [5, 5.41) is 10.8. The number of hydrogen-bond acceptors (Lipinski definition) is 4. The van der Waals surface area contributed by atoms with Gasteiger partial charge in [0.2, 0.25) is 5.91 Å². The van der Waals surface area contributed by atoms with Gasteiger partial charge in [0.05, 0.1) is 11.3 Å². The monoisotopic (exact) mass is 273 g/mol. The molecule has 0 aromatic heterocycles. The van der Waals surface area contributed by atoms with Gasteiger partial charge in [-0.25, -0.2) is 0 Å². The van der Waals surface area contributed by atoms with Crippen LogP contribution in [0.2, 0.25) is 0 Å². The molecule has 3 N–H and O–H groups in total. The molecule has 0 radical (unpaired) electrons. The van der Waals surface area contributed by atoms with E-state index in [1.807, 2.05) is 0 Å². The maximum atomic E-state index is 11.3. The van der Waals surface area contributed by atoms with E-state index in [4.69, 9.17) is 9.66 Å². The van der Waals surface area contributed by atoms with Gasteiger partial charge in [0.15, 0.2) is 0 Å². The zero-order chi connectivity index (χ0) is 13.8. The standard InChI is InChI=1S/C10H11NO6S/c12-9(5-6-10(13)14)11-7-1-3-8(4-2-7)18(15,16)17/h1-4H,5-6H2,(H,11,12)(H,13,14)(H,15,16,17). The summed E-state index contributed by atoms with van der Waals surface area (Å²) < 4.78 is 30.2. The molecule has 0 heterocycles. The Kier molecular flexibility index (Phi) is 4.40. The number of nitrogens with one attached hydrogen (secondary N) is 1. The second kappa shape index (κ2) is 5.61. The maximum absolute atomic E-state index is 11.3. The third-order valence-electron chi connectivity index (χ3n) is 2.00. The van der Waals surface area contributed by atoms with Crippen LogP contribution in [-0.2, 0) is 19.7 Å². The largest absolute Gasteiger partial charge is 0.481 e. The van der Waals surface area contributed by atoms with Crippen molar-refractivity contribution in [1.82, 2.24) is 0 Å². The molecule has 0 bridgehead atoms. The van der Waals surface area contributed by atoms with E-state index in [1.165, 1.54) is 12.1 Å². The van der Waals surface area contributed by atoms with Crippen molar-refractivity contribution in [3.05, 3.63) is 24.3 Å². The van der Waals surface area contributed by atoms with Crippen LogP contribution in [0.3, 0.4) is 0 Å². The predicted molar refractivity (Wildman–Crippen MR) is 61.8 cm³/mol. The zero-order valence-electron chi connectivity index (χ0n) is 9.16. The lowest BCUT2D eigenvalue weighted by Crippen LogP contribution is -2.13. The van der Waals surface area contributed by atoms with E-state index in [-0.39, 0.29) is 17.7 Å². The van der Waals surface area contributed by atoms with Crippen LogP contribution < -0.4 is 5.32 Å². The van der Waals surface area contributed by atoms with Gasteiger partial charge in [-0.15, -0.1) is 0 Å². The van der Waals surface area contributed by atoms with Gasteiger partial charge in [0.25, 0.3) is 10.1 Å². The van der Waals surface area contributed by atoms with Crippen LogP contribution in [-0.4, -0.2) is 30.0 Å². The van der Waals surface area contributed by atoms with Crippen LogP contribution in [0.5, 0.6) is 0 Å². The van der Waals surface area contributed by atoms with E-state index in [0.29, 0.717) is 5.69 Å². The van der Waals surface area contributed by atoms with E-state index in [0.717, 1.165) is 12.1 Å². The molecular formula is C10H11NO6S. The molecule has 1 aromatic carbocycles. The molecule has 0 aliphatic heterocycles. The third-order valence-corrected chi connectivity index (χ3v) is 2.87. The Labute approximate surface area is 103 Å². The summed E-state index contributed by atoms with van der Waals surface area (Å²) >= 11 is 0. The van der Waals surface area contributed by atoms with Crippen LogP contribution in [0.25, 0.3) is 0 Å². The number of aliphatic carboxylic acids is 1. The van der Waals surface area contributed by atoms with Gasteiger partial charge in [-0.2, -0.15) is 8.42 Å². The van der Waals surface area contributed by atoms with Crippen molar-refractivity contribution in [3.63, 3.8) is 0 Å². The van der Waals surface area contributed by atoms with Gasteiger partial charge in [-0.1, -0.05) is 0 Å². The highest BCUT2D eigenvalue weighted by Crippen LogP contribution is 2.13. The smallest absolute Gasteiger partial charge is 0.303 e. The van der Waals surface area contributed by atoms with Crippen molar-refractivity contribution in [1.29, 1.82) is 0 Å². The Morgan fingerprint density at radius 3 is 2.11 bits per heavy atom. The van der Waals surface area contributed by atoms with Crippen LogP contribution in [0.4, 0.5) is 5.69 Å². The fourth-order valence-electron chi connectivity index (χ4n) is 1.15. The molecule has 0 saturated carbocycles. The summed E-state index contributed by atoms with van der Waals surface area (Å²) in [5.74, 6) is -1.57. The third kappa shape index (κ3) is 4.52. The summed E-state index contributed by atoms with van der Waals surface area (Å²) in [6.45, 7) is 0. The second-order valence-corrected chi connectivity index (χ2v) is 4.86. The first kappa shape index (κ1) is 14.1. The minimum absolute atomic E-state index is 0.171. The van der Waals surface area contributed by atoms with Gasteiger partial charge in [-0.05, 0) is 24.3 Å². The van der Waals surface area contributed by atoms with Gasteiger partial charge >= 0.3 is 5.97 Å². The number of benzene rings is 1. The number of carbonyl (C=O) groups excluding carboxylic acids is 1. The highest BCUT2D eigenvalue weighted by Gasteiger charge is 2.10. The molecular weight excluding hydrogens is 262 g/mol. The topological polar surface area (TPSA) is 121 Å². The second-order valence-electron chi connectivity index (χ2n) is 3.44. The lowest BCUT2D eigenvalue weighted by molar-refractivity contribution is -0.138. The number of carbonyl (C=O) groups is 2. The lowest BCUT2D eigenvalue weighted by Gasteiger charge is -2.04. The Balaban J connectivity index is 2.64. The molecule has 0 aliphatic rings. The fourth-order valence-corrected chi connectivity index (χ4v) is 1.63. The summed E-state index contributed by atoms with van der Waals surface area (Å²) in [5.41, 5.74) is 0.317. The summed E-state index contributed by atoms with van der Waals surface area (Å²) in [7, 11) is -4.26. The average Bonchev–Trinajstić information content (AvgIpc) is 2.26. The van der Waals surface area contributed by atoms with Crippen molar-refractivity contribution >= 4 is 27.7 Å². The van der Waals surface area contributed by atoms with E-state index >= 15 is 0 Å². The van der Waals surface area contributed by atoms with Crippen LogP contribution in [0.1, 0.15) is 12.8 Å². The van der Waals surface area contributed by atoms with Crippen LogP contribution in [0, 0.1) is 0 Å². The number of hydrogen-bond donors (Lipinski definition) is 3. The number of rotatable bonds is 5. The molecule has 98 valence electrons. The minimum Gasteiger partial charge on any atom is -0.481 e. The van der Waals surface area contributed by atoms with Crippen LogP contribution in [0.15, 0.2) is 29.2 Å². The Bertz CT molecular complexity index is 548.